The Morgan fingerprint density at radius 2 is 1.82 bits per heavy atom. The molecule has 0 aromatic heterocycles. The van der Waals surface area contributed by atoms with Crippen LogP contribution in [0, 0.1) is 45.8 Å². The number of halogens is 1. The van der Waals surface area contributed by atoms with Gasteiger partial charge in [-0.3, -0.25) is 0 Å². The molecule has 4 fully saturated rings. The van der Waals surface area contributed by atoms with E-state index in [-0.39, 0.29) is 34.2 Å². The van der Waals surface area contributed by atoms with Crippen LogP contribution in [0.4, 0.5) is 0 Å². The number of hydrogen-bond donors (Lipinski definition) is 2. The van der Waals surface area contributed by atoms with Crippen LogP contribution in [0.15, 0.2) is 35.1 Å². The molecule has 11 atom stereocenters. The second-order valence-electron chi connectivity index (χ2n) is 14.3. The van der Waals surface area contributed by atoms with E-state index in [1.165, 1.54) is 5.57 Å². The Balaban J connectivity index is 1.84. The maximum absolute atomic E-state index is 12.7. The second kappa shape index (κ2) is 10.4. The van der Waals surface area contributed by atoms with Gasteiger partial charge in [0.15, 0.2) is 0 Å². The van der Waals surface area contributed by atoms with Gasteiger partial charge >= 0.3 is 5.97 Å². The van der Waals surface area contributed by atoms with Gasteiger partial charge in [-0.15, -0.1) is 0 Å². The summed E-state index contributed by atoms with van der Waals surface area (Å²) in [7, 11) is 0. The summed E-state index contributed by atoms with van der Waals surface area (Å²) in [6, 6.07) is 0. The van der Waals surface area contributed by atoms with Crippen molar-refractivity contribution in [2.24, 2.45) is 45.8 Å². The van der Waals surface area contributed by atoms with Gasteiger partial charge < -0.3 is 14.9 Å². The molecule has 4 saturated carbocycles. The van der Waals surface area contributed by atoms with Crippen molar-refractivity contribution >= 4 is 21.9 Å². The number of hydrogen-bond acceptors (Lipinski definition) is 3. The van der Waals surface area contributed by atoms with Gasteiger partial charge in [-0.25, -0.2) is 4.79 Å². The predicted octanol–water partition coefficient (Wildman–Crippen LogP) is 8.30. The number of carboxylic acid groups (broad SMARTS) is 1. The lowest BCUT2D eigenvalue weighted by molar-refractivity contribution is -0.226. The van der Waals surface area contributed by atoms with Crippen molar-refractivity contribution in [2.75, 3.05) is 0 Å². The molecular weight excluding hydrogens is 540 g/mol. The molecule has 4 aliphatic carbocycles. The monoisotopic (exact) mass is 590 g/mol. The molecule has 5 heteroatoms. The third-order valence-corrected chi connectivity index (χ3v) is 13.4. The van der Waals surface area contributed by atoms with E-state index in [4.69, 9.17) is 4.74 Å². The highest BCUT2D eigenvalue weighted by Gasteiger charge is 2.71. The first-order chi connectivity index (χ1) is 17.6. The molecule has 0 aliphatic heterocycles. The number of ether oxygens (including phenoxy) is 1. The van der Waals surface area contributed by atoms with Gasteiger partial charge in [0.2, 0.25) is 0 Å². The van der Waals surface area contributed by atoms with Crippen molar-refractivity contribution in [2.45, 2.75) is 117 Å². The SMILES string of the molecule is C=C(C)OC1C[C@@]2(C)[C@@H](C[C@@H](O)[C@@H]3[C@@]4(C)C(Br)C[C@@H](C)[C@H](C)[C@@H]4CC[C@@]32C)/C1=C(\CCC=C(C)C)C(=O)O. The van der Waals surface area contributed by atoms with Crippen LogP contribution in [0.1, 0.15) is 100 Å². The zero-order chi connectivity index (χ0) is 28.4. The molecule has 2 unspecified atom stereocenters. The number of alkyl halides is 1. The fraction of sp³-hybridized carbons (Fsp3) is 0.788. The fourth-order valence-corrected chi connectivity index (χ4v) is 11.2. The van der Waals surface area contributed by atoms with Crippen LogP contribution in [0.3, 0.4) is 0 Å². The van der Waals surface area contributed by atoms with Crippen LogP contribution in [0.5, 0.6) is 0 Å². The molecule has 214 valence electrons. The molecule has 38 heavy (non-hydrogen) atoms. The van der Waals surface area contributed by atoms with Gasteiger partial charge in [-0.05, 0) is 117 Å². The van der Waals surface area contributed by atoms with E-state index in [9.17, 15) is 15.0 Å². The predicted molar refractivity (Wildman–Crippen MR) is 158 cm³/mol. The summed E-state index contributed by atoms with van der Waals surface area (Å²) in [5.41, 5.74) is 2.28. The second-order valence-corrected chi connectivity index (χ2v) is 15.4. The van der Waals surface area contributed by atoms with E-state index in [2.05, 4.69) is 63.2 Å². The van der Waals surface area contributed by atoms with Crippen LogP contribution < -0.4 is 0 Å². The molecule has 4 nitrogen and oxygen atoms in total. The molecular formula is C33H51BrO4. The first kappa shape index (κ1) is 29.9. The Morgan fingerprint density at radius 3 is 2.39 bits per heavy atom. The number of carboxylic acids is 1. The van der Waals surface area contributed by atoms with Crippen LogP contribution >= 0.6 is 15.9 Å². The lowest BCUT2D eigenvalue weighted by Gasteiger charge is -2.70. The van der Waals surface area contributed by atoms with E-state index in [1.807, 2.05) is 20.8 Å². The van der Waals surface area contributed by atoms with E-state index in [0.29, 0.717) is 53.2 Å². The lowest BCUT2D eigenvalue weighted by Crippen LogP contribution is -2.67. The highest BCUT2D eigenvalue weighted by atomic mass is 79.9. The van der Waals surface area contributed by atoms with Crippen molar-refractivity contribution in [1.29, 1.82) is 0 Å². The first-order valence-electron chi connectivity index (χ1n) is 14.8. The van der Waals surface area contributed by atoms with Crippen LogP contribution in [0.25, 0.3) is 0 Å². The highest BCUT2D eigenvalue weighted by Crippen LogP contribution is 2.75. The van der Waals surface area contributed by atoms with E-state index in [1.54, 1.807) is 0 Å². The molecule has 0 aromatic carbocycles. The Morgan fingerprint density at radius 1 is 1.16 bits per heavy atom. The topological polar surface area (TPSA) is 66.8 Å². The summed E-state index contributed by atoms with van der Waals surface area (Å²) >= 11 is 4.16. The molecule has 4 rings (SSSR count). The summed E-state index contributed by atoms with van der Waals surface area (Å²) < 4.78 is 6.36. The molecule has 0 saturated heterocycles. The zero-order valence-electron chi connectivity index (χ0n) is 24.9. The number of aliphatic hydroxyl groups excluding tert-OH is 1. The third-order valence-electron chi connectivity index (χ3n) is 12.1. The molecule has 0 radical (unpaired) electrons. The smallest absolute Gasteiger partial charge is 0.331 e. The Bertz CT molecular complexity index is 1030. The minimum Gasteiger partial charge on any atom is -0.491 e. The first-order valence-corrected chi connectivity index (χ1v) is 15.7. The van der Waals surface area contributed by atoms with Gasteiger partial charge in [0.05, 0.1) is 11.9 Å². The minimum atomic E-state index is -0.852. The molecule has 4 aliphatic rings. The highest BCUT2D eigenvalue weighted by molar-refractivity contribution is 9.09. The number of aliphatic hydroxyl groups is 1. The lowest BCUT2D eigenvalue weighted by atomic mass is 9.36. The van der Waals surface area contributed by atoms with Crippen molar-refractivity contribution in [3.05, 3.63) is 35.1 Å². The molecule has 0 bridgehead atoms. The average molecular weight is 592 g/mol. The summed E-state index contributed by atoms with van der Waals surface area (Å²) in [5.74, 6) is 1.77. The standard InChI is InChI=1S/C33H51BrO4/c1-18(2)11-10-12-22(30(36)37)28-24-16-25(35)29-31(7,32(24,8)17-26(28)38-19(3)4)14-13-23-21(6)20(5)15-27(34)33(23,29)9/h11,20-21,23-27,29,35H,3,10,12-17H2,1-2,4-9H3,(H,36,37)/b28-22-/t20-,21+,23+,24+,25-,26?,27?,29+,31+,32+,33-/m1/s1. The summed E-state index contributed by atoms with van der Waals surface area (Å²) in [6.07, 6.45) is 7.24. The third kappa shape index (κ3) is 4.46. The van der Waals surface area contributed by atoms with E-state index >= 15 is 0 Å². The minimum absolute atomic E-state index is 0.0113. The quantitative estimate of drug-likeness (QED) is 0.141. The number of allylic oxidation sites excluding steroid dienone is 3. The van der Waals surface area contributed by atoms with Gasteiger partial charge in [-0.2, -0.15) is 0 Å². The van der Waals surface area contributed by atoms with Gasteiger partial charge in [0.1, 0.15) is 6.10 Å². The Labute approximate surface area is 239 Å². The van der Waals surface area contributed by atoms with Gasteiger partial charge in [0, 0.05) is 10.4 Å². The van der Waals surface area contributed by atoms with E-state index in [0.717, 1.165) is 31.3 Å². The van der Waals surface area contributed by atoms with Crippen molar-refractivity contribution in [3.63, 3.8) is 0 Å². The fourth-order valence-electron chi connectivity index (χ4n) is 10.0. The number of fused-ring (bicyclic) bond motifs is 5. The van der Waals surface area contributed by atoms with Crippen LogP contribution in [-0.4, -0.2) is 33.2 Å². The Kier molecular flexibility index (Phi) is 8.18. The normalized spacial score (nSPS) is 47.3. The molecule has 0 aromatic rings. The molecule has 0 amide bonds. The average Bonchev–Trinajstić information content (AvgIpc) is 3.06. The number of carbonyl (C=O) groups is 1. The summed E-state index contributed by atoms with van der Waals surface area (Å²) in [5, 5.41) is 22.5. The summed E-state index contributed by atoms with van der Waals surface area (Å²) in [4.78, 5) is 13.1. The maximum atomic E-state index is 12.7. The van der Waals surface area contributed by atoms with Crippen molar-refractivity contribution < 1.29 is 19.7 Å². The van der Waals surface area contributed by atoms with Crippen molar-refractivity contribution in [3.8, 4) is 0 Å². The van der Waals surface area contributed by atoms with Crippen LogP contribution in [0.2, 0.25) is 0 Å². The zero-order valence-corrected chi connectivity index (χ0v) is 26.5. The molecule has 2 N–H and O–H groups in total. The Hall–Kier alpha value is -1.07. The van der Waals surface area contributed by atoms with Gasteiger partial charge in [0.25, 0.3) is 0 Å². The number of rotatable bonds is 6. The number of aliphatic carboxylic acids is 1. The van der Waals surface area contributed by atoms with Crippen LogP contribution in [-0.2, 0) is 9.53 Å². The molecule has 0 heterocycles. The van der Waals surface area contributed by atoms with Gasteiger partial charge in [-0.1, -0.05) is 68.8 Å². The van der Waals surface area contributed by atoms with Crippen molar-refractivity contribution in [1.82, 2.24) is 0 Å². The maximum Gasteiger partial charge on any atom is 0.331 e. The largest absolute Gasteiger partial charge is 0.491 e. The summed E-state index contributed by atoms with van der Waals surface area (Å²) in [6.45, 7) is 22.0. The molecule has 0 spiro atoms. The van der Waals surface area contributed by atoms with E-state index < -0.39 is 12.1 Å².